The van der Waals surface area contributed by atoms with Crippen molar-refractivity contribution in [1.82, 2.24) is 4.98 Å². The van der Waals surface area contributed by atoms with E-state index in [0.717, 1.165) is 18.7 Å². The lowest BCUT2D eigenvalue weighted by Gasteiger charge is -2.20. The molecule has 1 aliphatic rings. The highest BCUT2D eigenvalue weighted by Gasteiger charge is 2.35. The minimum Gasteiger partial charge on any atom is -1.00 e. The first kappa shape index (κ1) is 18.2. The van der Waals surface area contributed by atoms with E-state index in [2.05, 4.69) is 41.5 Å². The fourth-order valence-electron chi connectivity index (χ4n) is 2.21. The van der Waals surface area contributed by atoms with Gasteiger partial charge in [0.1, 0.15) is 5.03 Å². The fourth-order valence-corrected chi connectivity index (χ4v) is 3.26. The second-order valence-electron chi connectivity index (χ2n) is 7.40. The van der Waals surface area contributed by atoms with Gasteiger partial charge >= 0.3 is 11.7 Å². The number of hydrogen-bond donors (Lipinski definition) is 0. The third-order valence-electron chi connectivity index (χ3n) is 3.14. The maximum absolute atomic E-state index is 6.09. The molecule has 0 saturated heterocycles. The Kier molecular flexibility index (Phi) is 5.93. The Morgan fingerprint density at radius 1 is 1.00 bits per heavy atom. The van der Waals surface area contributed by atoms with Gasteiger partial charge in [-0.3, -0.25) is 0 Å². The minimum atomic E-state index is -0.0281. The highest BCUT2D eigenvalue weighted by molar-refractivity contribution is 8.00. The van der Waals surface area contributed by atoms with Crippen molar-refractivity contribution in [3.8, 4) is 0 Å². The van der Waals surface area contributed by atoms with Gasteiger partial charge in [-0.2, -0.15) is 9.40 Å². The van der Waals surface area contributed by atoms with E-state index in [4.69, 9.17) is 9.40 Å². The molecular weight excluding hydrogens is 381 g/mol. The summed E-state index contributed by atoms with van der Waals surface area (Å²) in [5.41, 5.74) is 1.33. The molecule has 1 heterocycles. The fraction of sp³-hybridized carbons (Fsp3) is 0.750. The van der Waals surface area contributed by atoms with Crippen molar-refractivity contribution >= 4 is 11.8 Å². The highest BCUT2D eigenvalue weighted by Crippen LogP contribution is 2.38. The quantitative estimate of drug-likeness (QED) is 0.405. The van der Waals surface area contributed by atoms with Crippen LogP contribution >= 0.6 is 11.8 Å². The summed E-state index contributed by atoms with van der Waals surface area (Å²) < 4.78 is 6.28. The summed E-state index contributed by atoms with van der Waals surface area (Å²) in [6, 6.07) is 0. The van der Waals surface area contributed by atoms with Crippen LogP contribution in [0.25, 0.3) is 0 Å². The van der Waals surface area contributed by atoms with E-state index in [1.54, 1.807) is 0 Å². The standard InChI is InChI=1S/C16H26NOS.HI/c1-15(2,3)14-17-13(19-16(4,5)6)11-9-7-8-10-12(11)18-14;/h7-10H2,1-6H3;1H/q+1;/p-1. The Balaban J connectivity index is 0.00000200. The predicted molar refractivity (Wildman–Crippen MR) is 81.9 cm³/mol. The molecule has 0 bridgehead atoms. The molecule has 2 nitrogen and oxygen atoms in total. The zero-order chi connectivity index (χ0) is 14.3. The summed E-state index contributed by atoms with van der Waals surface area (Å²) in [6.45, 7) is 13.2. The molecule has 1 aromatic heterocycles. The Morgan fingerprint density at radius 3 is 2.15 bits per heavy atom. The van der Waals surface area contributed by atoms with E-state index < -0.39 is 0 Å². The smallest absolute Gasteiger partial charge is 0.433 e. The van der Waals surface area contributed by atoms with Crippen molar-refractivity contribution in [2.75, 3.05) is 0 Å². The van der Waals surface area contributed by atoms with E-state index in [0.29, 0.717) is 0 Å². The molecule has 1 aliphatic carbocycles. The van der Waals surface area contributed by atoms with Gasteiger partial charge in [0.2, 0.25) is 0 Å². The number of rotatable bonds is 1. The lowest BCUT2D eigenvalue weighted by Crippen LogP contribution is -3.00. The number of hydrogen-bond acceptors (Lipinski definition) is 2. The average molecular weight is 407 g/mol. The van der Waals surface area contributed by atoms with Crippen LogP contribution in [0.4, 0.5) is 0 Å². The van der Waals surface area contributed by atoms with E-state index >= 15 is 0 Å². The summed E-state index contributed by atoms with van der Waals surface area (Å²) in [5.74, 6) is 2.05. The van der Waals surface area contributed by atoms with Crippen molar-refractivity contribution in [1.29, 1.82) is 0 Å². The second kappa shape index (κ2) is 6.51. The first-order chi connectivity index (χ1) is 8.67. The van der Waals surface area contributed by atoms with Gasteiger partial charge in [0, 0.05) is 4.75 Å². The minimum absolute atomic E-state index is 0. The van der Waals surface area contributed by atoms with Crippen molar-refractivity contribution in [3.63, 3.8) is 0 Å². The molecule has 1 aromatic rings. The summed E-state index contributed by atoms with van der Waals surface area (Å²) in [4.78, 5) is 4.84. The Bertz CT molecular complexity index is 475. The maximum atomic E-state index is 6.09. The number of nitrogens with zero attached hydrogens (tertiary/aromatic N) is 1. The molecule has 0 amide bonds. The van der Waals surface area contributed by atoms with E-state index in [1.165, 1.54) is 29.2 Å². The van der Waals surface area contributed by atoms with E-state index in [-0.39, 0.29) is 34.1 Å². The van der Waals surface area contributed by atoms with Gasteiger partial charge in [-0.25, -0.2) is 0 Å². The number of aromatic nitrogens is 1. The van der Waals surface area contributed by atoms with Crippen molar-refractivity contribution in [2.24, 2.45) is 0 Å². The van der Waals surface area contributed by atoms with Gasteiger partial charge in [-0.05, 0) is 40.0 Å². The molecular formula is C16H26INOS. The molecule has 20 heavy (non-hydrogen) atoms. The second-order valence-corrected chi connectivity index (χ2v) is 9.21. The first-order valence-corrected chi connectivity index (χ1v) is 8.04. The molecule has 0 unspecified atom stereocenters. The normalized spacial score (nSPS) is 15.5. The Morgan fingerprint density at radius 2 is 1.60 bits per heavy atom. The Labute approximate surface area is 144 Å². The molecule has 0 N–H and O–H groups in total. The maximum Gasteiger partial charge on any atom is 0.433 e. The van der Waals surface area contributed by atoms with Crippen LogP contribution in [0.1, 0.15) is 71.6 Å². The van der Waals surface area contributed by atoms with Gasteiger partial charge in [-0.15, -0.1) is 0 Å². The third-order valence-corrected chi connectivity index (χ3v) is 4.29. The molecule has 0 saturated carbocycles. The lowest BCUT2D eigenvalue weighted by molar-refractivity contribution is -0.00000524. The molecule has 0 atom stereocenters. The van der Waals surface area contributed by atoms with Gasteiger partial charge in [0.05, 0.1) is 17.4 Å². The number of aryl methyl sites for hydroxylation is 1. The zero-order valence-electron chi connectivity index (χ0n) is 13.5. The molecule has 114 valence electrons. The molecule has 4 heteroatoms. The first-order valence-electron chi connectivity index (χ1n) is 7.22. The number of halogens is 1. The van der Waals surface area contributed by atoms with Gasteiger partial charge in [0.15, 0.2) is 0 Å². The SMILES string of the molecule is CC(C)(C)Sc1nc(C(C)(C)C)[o+]c2c1CCCC2.[I-]. The molecule has 0 fully saturated rings. The summed E-state index contributed by atoms with van der Waals surface area (Å²) in [7, 11) is 0. The van der Waals surface area contributed by atoms with Crippen LogP contribution in [0.5, 0.6) is 0 Å². The largest absolute Gasteiger partial charge is 1.00 e. The molecule has 0 aromatic carbocycles. The monoisotopic (exact) mass is 407 g/mol. The van der Waals surface area contributed by atoms with Crippen molar-refractivity contribution in [3.05, 3.63) is 17.2 Å². The summed E-state index contributed by atoms with van der Waals surface area (Å²) >= 11 is 1.87. The third kappa shape index (κ3) is 4.58. The summed E-state index contributed by atoms with van der Waals surface area (Å²) in [5, 5.41) is 1.19. The lowest BCUT2D eigenvalue weighted by atomic mass is 9.95. The Hall–Kier alpha value is 0.160. The van der Waals surface area contributed by atoms with Gasteiger partial charge in [0.25, 0.3) is 0 Å². The molecule has 0 radical (unpaired) electrons. The van der Waals surface area contributed by atoms with Crippen LogP contribution in [-0.4, -0.2) is 9.73 Å². The van der Waals surface area contributed by atoms with E-state index in [1.807, 2.05) is 11.8 Å². The van der Waals surface area contributed by atoms with Crippen LogP contribution in [-0.2, 0) is 18.3 Å². The van der Waals surface area contributed by atoms with Crippen molar-refractivity contribution in [2.45, 2.75) is 82.4 Å². The van der Waals surface area contributed by atoms with Crippen LogP contribution in [0.15, 0.2) is 9.44 Å². The van der Waals surface area contributed by atoms with Crippen LogP contribution < -0.4 is 24.0 Å². The van der Waals surface area contributed by atoms with E-state index in [9.17, 15) is 0 Å². The van der Waals surface area contributed by atoms with Gasteiger partial charge in [-0.1, -0.05) is 32.5 Å². The molecule has 0 aliphatic heterocycles. The van der Waals surface area contributed by atoms with Gasteiger partial charge < -0.3 is 24.0 Å². The predicted octanol–water partition coefficient (Wildman–Crippen LogP) is 2.03. The van der Waals surface area contributed by atoms with Crippen molar-refractivity contribution < 1.29 is 28.4 Å². The van der Waals surface area contributed by atoms with Crippen LogP contribution in [0.2, 0.25) is 0 Å². The molecule has 2 rings (SSSR count). The topological polar surface area (TPSA) is 24.2 Å². The van der Waals surface area contributed by atoms with Crippen LogP contribution in [0.3, 0.4) is 0 Å². The number of fused-ring (bicyclic) bond motifs is 1. The summed E-state index contributed by atoms with van der Waals surface area (Å²) in [6.07, 6.45) is 4.69. The highest BCUT2D eigenvalue weighted by atomic mass is 127. The number of thioether (sulfide) groups is 1. The molecule has 0 spiro atoms. The zero-order valence-corrected chi connectivity index (χ0v) is 16.4. The average Bonchev–Trinajstić information content (AvgIpc) is 2.25. The van der Waals surface area contributed by atoms with Crippen LogP contribution in [0, 0.1) is 0 Å².